The first-order valence-corrected chi connectivity index (χ1v) is 20.1. The number of carbonyl (C=O) groups is 1. The van der Waals surface area contributed by atoms with Crippen molar-refractivity contribution in [3.05, 3.63) is 11.6 Å². The van der Waals surface area contributed by atoms with E-state index in [2.05, 4.69) is 54.5 Å². The van der Waals surface area contributed by atoms with Crippen LogP contribution in [0.3, 0.4) is 0 Å². The molecule has 0 radical (unpaired) electrons. The normalized spacial score (nSPS) is 54.1. The standard InChI is InChI=1S/C41H66O11/c1-21-28(43)30(45)31(46)33(50-21)52-32-29(44)24(42)20-49-34(32)51-27-12-13-38(6)25(37(27,4)5)11-14-40(8)26(38)10-9-22-23-19-36(2,3)15-17-41(23,35(47)48)18-16-39(22,40)7/h9,21,23-34,42-46H,10-20H2,1-8H3,(H,47,48)/t21-,23?,24+,25?,26?,27?,28-,29+,30+,31+,32-,33-,34-,38-,39+,40+,41-/m0/s1. The maximum atomic E-state index is 13.0. The molecule has 4 saturated carbocycles. The summed E-state index contributed by atoms with van der Waals surface area (Å²) in [6, 6.07) is 0. The van der Waals surface area contributed by atoms with Crippen molar-refractivity contribution in [1.82, 2.24) is 0 Å². The van der Waals surface area contributed by atoms with E-state index in [1.807, 2.05) is 0 Å². The Balaban J connectivity index is 1.13. The van der Waals surface area contributed by atoms with Gasteiger partial charge in [0, 0.05) is 0 Å². The largest absolute Gasteiger partial charge is 0.481 e. The first-order chi connectivity index (χ1) is 24.1. The third kappa shape index (κ3) is 5.64. The number of rotatable bonds is 5. The van der Waals surface area contributed by atoms with E-state index in [-0.39, 0.29) is 45.7 Å². The second-order valence-electron chi connectivity index (χ2n) is 20.2. The van der Waals surface area contributed by atoms with Gasteiger partial charge in [-0.15, -0.1) is 0 Å². The maximum absolute atomic E-state index is 13.0. The Morgan fingerprint density at radius 1 is 0.788 bits per heavy atom. The Morgan fingerprint density at radius 3 is 2.17 bits per heavy atom. The van der Waals surface area contributed by atoms with Gasteiger partial charge in [-0.1, -0.05) is 60.1 Å². The van der Waals surface area contributed by atoms with Crippen LogP contribution in [0, 0.1) is 50.2 Å². The molecule has 0 aromatic heterocycles. The van der Waals surface area contributed by atoms with Crippen molar-refractivity contribution >= 4 is 5.97 Å². The molecule has 0 spiro atoms. The minimum Gasteiger partial charge on any atom is -0.481 e. The molecule has 0 bridgehead atoms. The highest BCUT2D eigenvalue weighted by Crippen LogP contribution is 2.76. The van der Waals surface area contributed by atoms with Gasteiger partial charge in [0.25, 0.3) is 0 Å². The molecule has 6 N–H and O–H groups in total. The lowest BCUT2D eigenvalue weighted by molar-refractivity contribution is -0.364. The van der Waals surface area contributed by atoms with E-state index < -0.39 is 66.7 Å². The number of allylic oxidation sites excluding steroid dienone is 2. The second-order valence-corrected chi connectivity index (χ2v) is 20.2. The lowest BCUT2D eigenvalue weighted by Crippen LogP contribution is -2.66. The molecule has 4 unspecified atom stereocenters. The fourth-order valence-corrected chi connectivity index (χ4v) is 13.3. The molecule has 2 heterocycles. The van der Waals surface area contributed by atoms with Crippen LogP contribution < -0.4 is 0 Å². The number of aliphatic carboxylic acids is 1. The third-order valence-electron chi connectivity index (χ3n) is 16.8. The fraction of sp³-hybridized carbons (Fsp3) is 0.927. The van der Waals surface area contributed by atoms with Crippen LogP contribution in [0.5, 0.6) is 0 Å². The quantitative estimate of drug-likeness (QED) is 0.173. The van der Waals surface area contributed by atoms with Crippen LogP contribution in [0.25, 0.3) is 0 Å². The van der Waals surface area contributed by atoms with Crippen LogP contribution in [0.2, 0.25) is 0 Å². The van der Waals surface area contributed by atoms with Crippen molar-refractivity contribution in [3.8, 4) is 0 Å². The number of carboxylic acid groups (broad SMARTS) is 1. The van der Waals surface area contributed by atoms with Gasteiger partial charge in [-0.2, -0.15) is 0 Å². The van der Waals surface area contributed by atoms with E-state index in [0.717, 1.165) is 64.2 Å². The summed E-state index contributed by atoms with van der Waals surface area (Å²) in [4.78, 5) is 13.0. The average molecular weight is 735 g/mol. The predicted molar refractivity (Wildman–Crippen MR) is 191 cm³/mol. The smallest absolute Gasteiger partial charge is 0.310 e. The van der Waals surface area contributed by atoms with Gasteiger partial charge in [-0.3, -0.25) is 4.79 Å². The summed E-state index contributed by atoms with van der Waals surface area (Å²) >= 11 is 0. The molecule has 5 aliphatic carbocycles. The number of aliphatic hydroxyl groups excluding tert-OH is 5. The van der Waals surface area contributed by atoms with E-state index in [0.29, 0.717) is 11.8 Å². The van der Waals surface area contributed by atoms with Gasteiger partial charge >= 0.3 is 5.97 Å². The van der Waals surface area contributed by atoms with E-state index in [4.69, 9.17) is 18.9 Å². The van der Waals surface area contributed by atoms with Gasteiger partial charge in [0.05, 0.1) is 24.2 Å². The summed E-state index contributed by atoms with van der Waals surface area (Å²) in [5.41, 5.74) is 0.579. The average Bonchev–Trinajstić information content (AvgIpc) is 3.06. The molecule has 296 valence electrons. The predicted octanol–water partition coefficient (Wildman–Crippen LogP) is 4.55. The van der Waals surface area contributed by atoms with Crippen LogP contribution >= 0.6 is 0 Å². The zero-order valence-corrected chi connectivity index (χ0v) is 32.6. The second kappa shape index (κ2) is 12.9. The maximum Gasteiger partial charge on any atom is 0.310 e. The minimum absolute atomic E-state index is 0.0146. The van der Waals surface area contributed by atoms with Crippen molar-refractivity contribution < 1.29 is 54.4 Å². The molecular weight excluding hydrogens is 668 g/mol. The van der Waals surface area contributed by atoms with E-state index >= 15 is 0 Å². The van der Waals surface area contributed by atoms with Crippen molar-refractivity contribution in [2.24, 2.45) is 50.2 Å². The molecular formula is C41H66O11. The highest BCUT2D eigenvalue weighted by Gasteiger charge is 2.69. The van der Waals surface area contributed by atoms with Crippen LogP contribution in [-0.4, -0.2) is 105 Å². The van der Waals surface area contributed by atoms with E-state index in [1.165, 1.54) is 5.57 Å². The Kier molecular flexibility index (Phi) is 9.74. The first-order valence-electron chi connectivity index (χ1n) is 20.1. The van der Waals surface area contributed by atoms with Gasteiger partial charge in [0.15, 0.2) is 12.6 Å². The summed E-state index contributed by atoms with van der Waals surface area (Å²) in [6.45, 7) is 18.1. The summed E-state index contributed by atoms with van der Waals surface area (Å²) < 4.78 is 24.5. The fourth-order valence-electron chi connectivity index (χ4n) is 13.3. The topological polar surface area (TPSA) is 175 Å². The molecule has 2 aliphatic heterocycles. The summed E-state index contributed by atoms with van der Waals surface area (Å²) in [5, 5.41) is 63.6. The highest BCUT2D eigenvalue weighted by molar-refractivity contribution is 5.76. The molecule has 11 nitrogen and oxygen atoms in total. The first kappa shape index (κ1) is 39.1. The number of aliphatic hydroxyl groups is 5. The molecule has 6 fully saturated rings. The SMILES string of the molecule is C[C@@H]1O[C@@H](O[C@@H]2[C@H](OC3CC[C@@]4(C)C(CC[C@]5(C)C4CC=C4C6CC(C)(C)CC[C@]6(C(=O)O)CC[C@]45C)C3(C)C)OC[C@@H](O)[C@H]2O)[C@H](O)[C@H](O)[C@H]1O. The van der Waals surface area contributed by atoms with Crippen LogP contribution in [0.4, 0.5) is 0 Å². The van der Waals surface area contributed by atoms with Gasteiger partial charge in [0.2, 0.25) is 0 Å². The van der Waals surface area contributed by atoms with Crippen LogP contribution in [0.1, 0.15) is 120 Å². The lowest BCUT2D eigenvalue weighted by atomic mass is 9.33. The molecule has 7 rings (SSSR count). The number of fused-ring (bicyclic) bond motifs is 7. The monoisotopic (exact) mass is 734 g/mol. The molecule has 0 amide bonds. The van der Waals surface area contributed by atoms with Gasteiger partial charge in [-0.05, 0) is 116 Å². The Labute approximate surface area is 309 Å². The molecule has 0 aromatic rings. The van der Waals surface area contributed by atoms with Crippen molar-refractivity contribution in [1.29, 1.82) is 0 Å². The van der Waals surface area contributed by atoms with Crippen LogP contribution in [-0.2, 0) is 23.7 Å². The molecule has 0 aromatic carbocycles. The number of ether oxygens (including phenoxy) is 4. The molecule has 17 atom stereocenters. The number of carboxylic acids is 1. The minimum atomic E-state index is -1.58. The molecule has 7 aliphatic rings. The van der Waals surface area contributed by atoms with Crippen LogP contribution in [0.15, 0.2) is 11.6 Å². The Hall–Kier alpha value is -1.15. The highest BCUT2D eigenvalue weighted by atomic mass is 16.8. The number of hydrogen-bond donors (Lipinski definition) is 6. The third-order valence-corrected chi connectivity index (χ3v) is 16.8. The van der Waals surface area contributed by atoms with Gasteiger partial charge < -0.3 is 49.6 Å². The number of hydrogen-bond acceptors (Lipinski definition) is 10. The molecule has 52 heavy (non-hydrogen) atoms. The van der Waals surface area contributed by atoms with Crippen molar-refractivity contribution in [2.75, 3.05) is 6.61 Å². The summed E-state index contributed by atoms with van der Waals surface area (Å²) in [5.74, 6) is 0.219. The van der Waals surface area contributed by atoms with Gasteiger partial charge in [0.1, 0.15) is 36.6 Å². The van der Waals surface area contributed by atoms with Crippen molar-refractivity contribution in [3.63, 3.8) is 0 Å². The Morgan fingerprint density at radius 2 is 1.48 bits per heavy atom. The van der Waals surface area contributed by atoms with Crippen molar-refractivity contribution in [2.45, 2.75) is 181 Å². The summed E-state index contributed by atoms with van der Waals surface area (Å²) in [7, 11) is 0. The zero-order chi connectivity index (χ0) is 38.0. The van der Waals surface area contributed by atoms with E-state index in [9.17, 15) is 35.4 Å². The lowest BCUT2D eigenvalue weighted by Gasteiger charge is -2.71. The zero-order valence-electron chi connectivity index (χ0n) is 32.6. The summed E-state index contributed by atoms with van der Waals surface area (Å²) in [6.07, 6.45) is -0.253. The molecule has 11 heteroatoms. The Bertz CT molecular complexity index is 1410. The van der Waals surface area contributed by atoms with Gasteiger partial charge in [-0.25, -0.2) is 0 Å². The van der Waals surface area contributed by atoms with E-state index in [1.54, 1.807) is 6.92 Å². The molecule has 2 saturated heterocycles.